The van der Waals surface area contributed by atoms with Crippen molar-refractivity contribution in [3.05, 3.63) is 81.3 Å². The van der Waals surface area contributed by atoms with E-state index >= 15 is 0 Å². The number of carbonyl (C=O) groups excluding carboxylic acids is 3. The standard InChI is InChI=1S/C30H35N3O5S/c1-4-37-30(36)25(17-22-8-6-5-7-9-22)31-28(35)26-19-39-29(32-26)23-12-14-33(15-13-23)27(34)18-38-24-11-10-20(2)21(3)16-24/h5-11,16,19,23,25H,4,12-15,17-18H2,1-3H3,(H,31,35). The lowest BCUT2D eigenvalue weighted by molar-refractivity contribution is -0.145. The molecular weight excluding hydrogens is 514 g/mol. The summed E-state index contributed by atoms with van der Waals surface area (Å²) in [5.74, 6) is -0.0316. The van der Waals surface area contributed by atoms with Crippen LogP contribution in [-0.2, 0) is 20.7 Å². The van der Waals surface area contributed by atoms with E-state index in [1.54, 1.807) is 12.3 Å². The Kier molecular flexibility index (Phi) is 9.70. The fourth-order valence-corrected chi connectivity index (χ4v) is 5.48. The Bertz CT molecular complexity index is 1280. The molecule has 1 aliphatic rings. The monoisotopic (exact) mass is 549 g/mol. The van der Waals surface area contributed by atoms with Gasteiger partial charge in [-0.2, -0.15) is 0 Å². The average Bonchev–Trinajstić information content (AvgIpc) is 3.45. The second-order valence-corrected chi connectivity index (χ2v) is 10.6. The lowest BCUT2D eigenvalue weighted by Crippen LogP contribution is -2.43. The summed E-state index contributed by atoms with van der Waals surface area (Å²) >= 11 is 1.44. The maximum Gasteiger partial charge on any atom is 0.328 e. The van der Waals surface area contributed by atoms with Gasteiger partial charge in [0.15, 0.2) is 6.61 Å². The Labute approximate surface area is 233 Å². The predicted molar refractivity (Wildman–Crippen MR) is 150 cm³/mol. The number of piperidine rings is 1. The van der Waals surface area contributed by atoms with Crippen LogP contribution in [0.3, 0.4) is 0 Å². The Hall–Kier alpha value is -3.72. The second kappa shape index (κ2) is 13.4. The number of hydrogen-bond donors (Lipinski definition) is 1. The minimum atomic E-state index is -0.801. The van der Waals surface area contributed by atoms with Crippen LogP contribution >= 0.6 is 11.3 Å². The lowest BCUT2D eigenvalue weighted by Gasteiger charge is -2.31. The predicted octanol–water partition coefficient (Wildman–Crippen LogP) is 4.45. The molecule has 2 amide bonds. The summed E-state index contributed by atoms with van der Waals surface area (Å²) in [6.45, 7) is 7.28. The first kappa shape index (κ1) is 28.3. The van der Waals surface area contributed by atoms with Crippen molar-refractivity contribution in [3.63, 3.8) is 0 Å². The highest BCUT2D eigenvalue weighted by Crippen LogP contribution is 2.30. The largest absolute Gasteiger partial charge is 0.484 e. The topological polar surface area (TPSA) is 97.8 Å². The molecule has 1 saturated heterocycles. The number of aryl methyl sites for hydroxylation is 2. The van der Waals surface area contributed by atoms with Gasteiger partial charge in [0.25, 0.3) is 11.8 Å². The molecule has 3 aromatic rings. The van der Waals surface area contributed by atoms with Gasteiger partial charge in [0.1, 0.15) is 17.5 Å². The average molecular weight is 550 g/mol. The zero-order valence-corrected chi connectivity index (χ0v) is 23.5. The van der Waals surface area contributed by atoms with Gasteiger partial charge >= 0.3 is 5.97 Å². The van der Waals surface area contributed by atoms with E-state index in [9.17, 15) is 14.4 Å². The van der Waals surface area contributed by atoms with E-state index in [0.717, 1.165) is 29.0 Å². The Morgan fingerprint density at radius 3 is 2.51 bits per heavy atom. The molecule has 2 heterocycles. The van der Waals surface area contributed by atoms with Gasteiger partial charge in [0, 0.05) is 30.8 Å². The van der Waals surface area contributed by atoms with Crippen LogP contribution < -0.4 is 10.1 Å². The summed E-state index contributed by atoms with van der Waals surface area (Å²) in [6.07, 6.45) is 1.87. The zero-order chi connectivity index (χ0) is 27.8. The summed E-state index contributed by atoms with van der Waals surface area (Å²) in [5, 5.41) is 5.40. The van der Waals surface area contributed by atoms with Crippen molar-refractivity contribution in [2.24, 2.45) is 0 Å². The van der Waals surface area contributed by atoms with E-state index in [0.29, 0.717) is 25.3 Å². The number of carbonyl (C=O) groups is 3. The number of ether oxygens (including phenoxy) is 2. The first-order valence-corrected chi connectivity index (χ1v) is 14.2. The van der Waals surface area contributed by atoms with E-state index < -0.39 is 17.9 Å². The van der Waals surface area contributed by atoms with Crippen molar-refractivity contribution in [2.75, 3.05) is 26.3 Å². The highest BCUT2D eigenvalue weighted by molar-refractivity contribution is 7.09. The van der Waals surface area contributed by atoms with Gasteiger partial charge < -0.3 is 19.7 Å². The fourth-order valence-electron chi connectivity index (χ4n) is 4.51. The number of nitrogens with zero attached hydrogens (tertiary/aromatic N) is 2. The molecule has 8 nitrogen and oxygen atoms in total. The number of thiazole rings is 1. The van der Waals surface area contributed by atoms with E-state index in [1.807, 2.05) is 67.3 Å². The maximum absolute atomic E-state index is 13.0. The molecule has 1 aliphatic heterocycles. The van der Waals surface area contributed by atoms with E-state index in [-0.39, 0.29) is 30.7 Å². The van der Waals surface area contributed by atoms with Crippen molar-refractivity contribution in [1.82, 2.24) is 15.2 Å². The highest BCUT2D eigenvalue weighted by atomic mass is 32.1. The minimum absolute atomic E-state index is 0.0132. The minimum Gasteiger partial charge on any atom is -0.484 e. The Morgan fingerprint density at radius 1 is 1.08 bits per heavy atom. The Balaban J connectivity index is 1.29. The summed E-state index contributed by atoms with van der Waals surface area (Å²) in [7, 11) is 0. The number of rotatable bonds is 10. The van der Waals surface area contributed by atoms with Crippen LogP contribution in [-0.4, -0.2) is 60.0 Å². The van der Waals surface area contributed by atoms with Gasteiger partial charge in [-0.15, -0.1) is 11.3 Å². The normalized spacial score (nSPS) is 14.5. The smallest absolute Gasteiger partial charge is 0.328 e. The summed E-state index contributed by atoms with van der Waals surface area (Å²) in [4.78, 5) is 44.6. The number of benzene rings is 2. The van der Waals surface area contributed by atoms with Gasteiger partial charge in [-0.3, -0.25) is 9.59 Å². The number of amides is 2. The molecule has 1 aromatic heterocycles. The molecule has 0 spiro atoms. The number of hydrogen-bond acceptors (Lipinski definition) is 7. The van der Waals surface area contributed by atoms with Crippen molar-refractivity contribution in [1.29, 1.82) is 0 Å². The van der Waals surface area contributed by atoms with Crippen LogP contribution in [0.2, 0.25) is 0 Å². The number of nitrogens with one attached hydrogen (secondary N) is 1. The van der Waals surface area contributed by atoms with Crippen LogP contribution in [0.15, 0.2) is 53.9 Å². The Morgan fingerprint density at radius 2 is 1.82 bits per heavy atom. The number of esters is 1. The molecule has 39 heavy (non-hydrogen) atoms. The SMILES string of the molecule is CCOC(=O)C(Cc1ccccc1)NC(=O)c1csc(C2CCN(C(=O)COc3ccc(C)c(C)c3)CC2)n1. The highest BCUT2D eigenvalue weighted by Gasteiger charge is 2.28. The molecule has 0 bridgehead atoms. The number of likely N-dealkylation sites (tertiary alicyclic amines) is 1. The summed E-state index contributed by atoms with van der Waals surface area (Å²) < 4.78 is 10.9. The van der Waals surface area contributed by atoms with Crippen molar-refractivity contribution in [2.45, 2.75) is 52.0 Å². The molecule has 1 unspecified atom stereocenters. The molecule has 9 heteroatoms. The third-order valence-corrected chi connectivity index (χ3v) is 7.96. The quantitative estimate of drug-likeness (QED) is 0.376. The molecule has 0 saturated carbocycles. The van der Waals surface area contributed by atoms with E-state index in [4.69, 9.17) is 9.47 Å². The lowest BCUT2D eigenvalue weighted by atomic mass is 9.97. The third-order valence-electron chi connectivity index (χ3n) is 6.95. The molecule has 1 atom stereocenters. The van der Waals surface area contributed by atoms with Crippen molar-refractivity contribution < 1.29 is 23.9 Å². The van der Waals surface area contributed by atoms with Gasteiger partial charge in [-0.25, -0.2) is 9.78 Å². The van der Waals surface area contributed by atoms with Crippen LogP contribution in [0.25, 0.3) is 0 Å². The summed E-state index contributed by atoms with van der Waals surface area (Å²) in [6, 6.07) is 14.5. The van der Waals surface area contributed by atoms with Crippen LogP contribution in [0.4, 0.5) is 0 Å². The fraction of sp³-hybridized carbons (Fsp3) is 0.400. The van der Waals surface area contributed by atoms with Gasteiger partial charge in [0.05, 0.1) is 11.6 Å². The van der Waals surface area contributed by atoms with Crippen LogP contribution in [0.1, 0.15) is 57.9 Å². The van der Waals surface area contributed by atoms with Crippen molar-refractivity contribution >= 4 is 29.1 Å². The molecule has 0 aliphatic carbocycles. The molecule has 2 aromatic carbocycles. The molecule has 1 N–H and O–H groups in total. The van der Waals surface area contributed by atoms with Gasteiger partial charge in [0.2, 0.25) is 0 Å². The third kappa shape index (κ3) is 7.66. The second-order valence-electron chi connectivity index (χ2n) is 9.73. The molecule has 4 rings (SSSR count). The maximum atomic E-state index is 13.0. The molecule has 1 fully saturated rings. The molecular formula is C30H35N3O5S. The van der Waals surface area contributed by atoms with Crippen LogP contribution in [0.5, 0.6) is 5.75 Å². The molecule has 206 valence electrons. The van der Waals surface area contributed by atoms with E-state index in [1.165, 1.54) is 16.9 Å². The zero-order valence-electron chi connectivity index (χ0n) is 22.6. The number of aromatic nitrogens is 1. The first-order chi connectivity index (χ1) is 18.8. The van der Waals surface area contributed by atoms with Gasteiger partial charge in [-0.1, -0.05) is 36.4 Å². The van der Waals surface area contributed by atoms with Gasteiger partial charge in [-0.05, 0) is 62.4 Å². The molecule has 0 radical (unpaired) electrons. The van der Waals surface area contributed by atoms with Crippen LogP contribution in [0, 0.1) is 13.8 Å². The van der Waals surface area contributed by atoms with Crippen molar-refractivity contribution in [3.8, 4) is 5.75 Å². The van der Waals surface area contributed by atoms with E-state index in [2.05, 4.69) is 10.3 Å². The first-order valence-electron chi connectivity index (χ1n) is 13.3. The summed E-state index contributed by atoms with van der Waals surface area (Å²) in [5.41, 5.74) is 3.53.